The van der Waals surface area contributed by atoms with Gasteiger partial charge in [0.1, 0.15) is 17.7 Å². The van der Waals surface area contributed by atoms with Crippen LogP contribution in [0.3, 0.4) is 0 Å². The predicted molar refractivity (Wildman–Crippen MR) is 145 cm³/mol. The molecular weight excluding hydrogens is 472 g/mol. The summed E-state index contributed by atoms with van der Waals surface area (Å²) in [5.74, 6) is -1.36. The van der Waals surface area contributed by atoms with Crippen molar-refractivity contribution in [1.82, 2.24) is 15.5 Å². The number of carbonyl (C=O) groups is 4. The monoisotopic (exact) mass is 518 g/mol. The van der Waals surface area contributed by atoms with Gasteiger partial charge >= 0.3 is 6.09 Å². The van der Waals surface area contributed by atoms with Crippen LogP contribution >= 0.6 is 0 Å². The zero-order valence-corrected chi connectivity index (χ0v) is 23.8. The van der Waals surface area contributed by atoms with Crippen molar-refractivity contribution in [3.8, 4) is 0 Å². The Morgan fingerprint density at radius 2 is 1.62 bits per heavy atom. The highest BCUT2D eigenvalue weighted by atomic mass is 16.6. The number of nitrogens with one attached hydrogen (secondary N) is 2. The van der Waals surface area contributed by atoms with Gasteiger partial charge in [0.05, 0.1) is 0 Å². The van der Waals surface area contributed by atoms with Crippen LogP contribution in [0.5, 0.6) is 0 Å². The number of alkyl carbamates (subject to hydrolysis) is 1. The highest BCUT2D eigenvalue weighted by Crippen LogP contribution is 2.29. The first kappa shape index (κ1) is 31.9. The third-order valence-electron chi connectivity index (χ3n) is 5.76. The molecular formula is C28H46N4O5. The lowest BCUT2D eigenvalue weighted by Gasteiger charge is -2.36. The van der Waals surface area contributed by atoms with Gasteiger partial charge in [-0.15, -0.1) is 0 Å². The van der Waals surface area contributed by atoms with Gasteiger partial charge in [0.2, 0.25) is 17.7 Å². The van der Waals surface area contributed by atoms with E-state index in [1.807, 2.05) is 45.9 Å². The van der Waals surface area contributed by atoms with Crippen LogP contribution in [-0.4, -0.2) is 52.9 Å². The largest absolute Gasteiger partial charge is 0.444 e. The van der Waals surface area contributed by atoms with Crippen molar-refractivity contribution in [3.63, 3.8) is 0 Å². The molecule has 0 aliphatic carbocycles. The highest BCUT2D eigenvalue weighted by Gasteiger charge is 2.37. The average Bonchev–Trinajstić information content (AvgIpc) is 2.75. The van der Waals surface area contributed by atoms with Crippen molar-refractivity contribution in [2.45, 2.75) is 111 Å². The molecule has 0 fully saturated rings. The van der Waals surface area contributed by atoms with Crippen LogP contribution in [0, 0.1) is 13.8 Å². The average molecular weight is 519 g/mol. The summed E-state index contributed by atoms with van der Waals surface area (Å²) < 4.78 is 5.37. The summed E-state index contributed by atoms with van der Waals surface area (Å²) in [5, 5.41) is 5.59. The zero-order chi connectivity index (χ0) is 28.3. The van der Waals surface area contributed by atoms with Gasteiger partial charge in [-0.3, -0.25) is 14.4 Å². The second-order valence-electron chi connectivity index (χ2n) is 10.8. The van der Waals surface area contributed by atoms with Crippen molar-refractivity contribution in [1.29, 1.82) is 0 Å². The number of hydrogen-bond acceptors (Lipinski definition) is 5. The maximum Gasteiger partial charge on any atom is 0.408 e. The van der Waals surface area contributed by atoms with Gasteiger partial charge in [0, 0.05) is 19.0 Å². The molecule has 0 aliphatic heterocycles. The highest BCUT2D eigenvalue weighted by molar-refractivity contribution is 5.93. The number of nitrogens with zero attached hydrogens (tertiary/aromatic N) is 1. The molecule has 0 spiro atoms. The molecule has 2 unspecified atom stereocenters. The summed E-state index contributed by atoms with van der Waals surface area (Å²) in [6.45, 7) is 15.1. The Labute approximate surface area is 221 Å². The molecule has 9 heteroatoms. The van der Waals surface area contributed by atoms with Crippen LogP contribution in [0.4, 0.5) is 4.79 Å². The van der Waals surface area contributed by atoms with E-state index in [0.29, 0.717) is 13.0 Å². The minimum atomic E-state index is -1.09. The summed E-state index contributed by atoms with van der Waals surface area (Å²) in [4.78, 5) is 53.5. The van der Waals surface area contributed by atoms with Crippen LogP contribution in [0.25, 0.3) is 0 Å². The normalized spacial score (nSPS) is 13.0. The lowest BCUT2D eigenvalue weighted by atomic mass is 9.93. The Hall–Kier alpha value is -3.10. The van der Waals surface area contributed by atoms with E-state index in [-0.39, 0.29) is 24.8 Å². The summed E-state index contributed by atoms with van der Waals surface area (Å²) in [6.07, 6.45) is 1.56. The van der Waals surface area contributed by atoms with Gasteiger partial charge in [-0.25, -0.2) is 4.79 Å². The summed E-state index contributed by atoms with van der Waals surface area (Å²) >= 11 is 0. The molecule has 0 aliphatic rings. The van der Waals surface area contributed by atoms with Gasteiger partial charge in [-0.2, -0.15) is 0 Å². The van der Waals surface area contributed by atoms with E-state index >= 15 is 0 Å². The Morgan fingerprint density at radius 1 is 1.03 bits per heavy atom. The number of nitrogens with two attached hydrogens (primary N) is 1. The van der Waals surface area contributed by atoms with Crippen molar-refractivity contribution in [2.24, 2.45) is 5.73 Å². The van der Waals surface area contributed by atoms with E-state index in [2.05, 4.69) is 17.6 Å². The van der Waals surface area contributed by atoms with Gasteiger partial charge < -0.3 is 26.0 Å². The van der Waals surface area contributed by atoms with Crippen LogP contribution in [0.15, 0.2) is 18.2 Å². The predicted octanol–water partition coefficient (Wildman–Crippen LogP) is 4.05. The van der Waals surface area contributed by atoms with E-state index in [0.717, 1.165) is 29.5 Å². The van der Waals surface area contributed by atoms with E-state index in [1.165, 1.54) is 4.90 Å². The molecule has 208 valence electrons. The van der Waals surface area contributed by atoms with Crippen LogP contribution in [-0.2, 0) is 19.1 Å². The molecule has 9 nitrogen and oxygen atoms in total. The number of unbranched alkanes of at least 4 members (excludes halogenated alkanes) is 2. The van der Waals surface area contributed by atoms with Crippen molar-refractivity contribution >= 4 is 23.8 Å². The van der Waals surface area contributed by atoms with Crippen molar-refractivity contribution in [2.75, 3.05) is 6.54 Å². The molecule has 0 heterocycles. The van der Waals surface area contributed by atoms with E-state index < -0.39 is 35.6 Å². The standard InChI is InChI=1S/C28H46N4O5/c1-9-10-11-17-32(24(25(34)30-18(2)3)23-19(4)13-12-14-20(23)5)26(35)21(15-16-22(29)33)31-27(36)37-28(6,7)8/h12-14,18,21,24H,9-11,15-17H2,1-8H3,(H2,29,33)(H,30,34)(H,31,36). The minimum Gasteiger partial charge on any atom is -0.444 e. The summed E-state index contributed by atoms with van der Waals surface area (Å²) in [7, 11) is 0. The molecule has 1 aromatic rings. The molecule has 4 N–H and O–H groups in total. The van der Waals surface area contributed by atoms with Crippen molar-refractivity contribution in [3.05, 3.63) is 34.9 Å². The third-order valence-corrected chi connectivity index (χ3v) is 5.76. The number of aryl methyl sites for hydroxylation is 2. The second kappa shape index (κ2) is 14.6. The minimum absolute atomic E-state index is 0.0110. The number of carbonyl (C=O) groups excluding carboxylic acids is 4. The first-order chi connectivity index (χ1) is 17.2. The molecule has 1 rings (SSSR count). The fourth-order valence-corrected chi connectivity index (χ4v) is 4.14. The van der Waals surface area contributed by atoms with Gasteiger partial charge in [0.15, 0.2) is 0 Å². The number of amides is 4. The fourth-order valence-electron chi connectivity index (χ4n) is 4.14. The van der Waals surface area contributed by atoms with E-state index in [1.54, 1.807) is 20.8 Å². The lowest BCUT2D eigenvalue weighted by Crippen LogP contribution is -2.54. The maximum absolute atomic E-state index is 14.1. The molecule has 0 aromatic heterocycles. The lowest BCUT2D eigenvalue weighted by molar-refractivity contribution is -0.143. The molecule has 1 aromatic carbocycles. The zero-order valence-electron chi connectivity index (χ0n) is 23.8. The van der Waals surface area contributed by atoms with Crippen LogP contribution in [0.1, 0.15) is 96.4 Å². The van der Waals surface area contributed by atoms with E-state index in [9.17, 15) is 19.2 Å². The Morgan fingerprint density at radius 3 is 2.11 bits per heavy atom. The Balaban J connectivity index is 3.59. The smallest absolute Gasteiger partial charge is 0.408 e. The number of hydrogen-bond donors (Lipinski definition) is 3. The third kappa shape index (κ3) is 10.8. The van der Waals surface area contributed by atoms with Crippen LogP contribution in [0.2, 0.25) is 0 Å². The molecule has 2 atom stereocenters. The van der Waals surface area contributed by atoms with E-state index in [4.69, 9.17) is 10.5 Å². The fraction of sp³-hybridized carbons (Fsp3) is 0.643. The van der Waals surface area contributed by atoms with Crippen LogP contribution < -0.4 is 16.4 Å². The van der Waals surface area contributed by atoms with Gasteiger partial charge in [0.25, 0.3) is 0 Å². The SMILES string of the molecule is CCCCCN(C(=O)C(CCC(N)=O)NC(=O)OC(C)(C)C)C(C(=O)NC(C)C)c1c(C)cccc1C. The van der Waals surface area contributed by atoms with Gasteiger partial charge in [-0.1, -0.05) is 38.0 Å². The molecule has 0 saturated heterocycles. The molecule has 0 saturated carbocycles. The number of rotatable bonds is 13. The van der Waals surface area contributed by atoms with Crippen molar-refractivity contribution < 1.29 is 23.9 Å². The first-order valence-corrected chi connectivity index (χ1v) is 13.1. The Bertz CT molecular complexity index is 919. The first-order valence-electron chi connectivity index (χ1n) is 13.1. The maximum atomic E-state index is 14.1. The van der Waals surface area contributed by atoms with Gasteiger partial charge in [-0.05, 0) is 78.0 Å². The second-order valence-corrected chi connectivity index (χ2v) is 10.8. The quantitative estimate of drug-likeness (QED) is 0.339. The number of primary amides is 1. The molecule has 0 bridgehead atoms. The number of benzene rings is 1. The molecule has 4 amide bonds. The molecule has 0 radical (unpaired) electrons. The Kier molecular flexibility index (Phi) is 12.6. The topological polar surface area (TPSA) is 131 Å². The number of ether oxygens (including phenoxy) is 1. The molecule has 37 heavy (non-hydrogen) atoms. The summed E-state index contributed by atoms with van der Waals surface area (Å²) in [5.41, 5.74) is 7.10. The summed E-state index contributed by atoms with van der Waals surface area (Å²) in [6, 6.07) is 3.59.